The second kappa shape index (κ2) is 10.4. The number of hydrogen-bond acceptors (Lipinski definition) is 6. The summed E-state index contributed by atoms with van der Waals surface area (Å²) in [5, 5.41) is 16.0. The molecule has 1 aromatic heterocycles. The van der Waals surface area contributed by atoms with Crippen LogP contribution in [0.15, 0.2) is 47.6 Å². The van der Waals surface area contributed by atoms with Crippen molar-refractivity contribution in [2.24, 2.45) is 7.05 Å². The van der Waals surface area contributed by atoms with Crippen molar-refractivity contribution in [3.63, 3.8) is 0 Å². The van der Waals surface area contributed by atoms with Gasteiger partial charge in [-0.25, -0.2) is 9.07 Å². The fourth-order valence-electron chi connectivity index (χ4n) is 2.51. The number of aryl methyl sites for hydroxylation is 1. The maximum absolute atomic E-state index is 13.8. The number of halogens is 2. The average molecular weight is 422 g/mol. The van der Waals surface area contributed by atoms with Crippen molar-refractivity contribution in [3.05, 3.63) is 64.4 Å². The number of tetrazole rings is 1. The molecule has 0 aliphatic heterocycles. The molecule has 0 radical (unpaired) electrons. The molecule has 148 valence electrons. The molecule has 9 heteroatoms. The van der Waals surface area contributed by atoms with Crippen molar-refractivity contribution >= 4 is 23.4 Å². The van der Waals surface area contributed by atoms with Crippen LogP contribution in [0.4, 0.5) is 4.39 Å². The van der Waals surface area contributed by atoms with Gasteiger partial charge in [-0.05, 0) is 53.2 Å². The molecular weight excluding hydrogens is 401 g/mol. The highest BCUT2D eigenvalue weighted by molar-refractivity contribution is 7.99. The maximum atomic E-state index is 13.8. The molecule has 0 fully saturated rings. The fraction of sp³-hybridized carbons (Fsp3) is 0.316. The van der Waals surface area contributed by atoms with Crippen molar-refractivity contribution in [2.75, 3.05) is 12.3 Å². The van der Waals surface area contributed by atoms with Crippen molar-refractivity contribution in [1.82, 2.24) is 25.5 Å². The molecule has 2 aromatic carbocycles. The minimum absolute atomic E-state index is 0.0938. The largest absolute Gasteiger partial charge is 0.489 e. The lowest BCUT2D eigenvalue weighted by atomic mass is 10.2. The number of rotatable bonds is 10. The van der Waals surface area contributed by atoms with Crippen LogP contribution >= 0.6 is 23.4 Å². The third-order valence-electron chi connectivity index (χ3n) is 3.98. The smallest absolute Gasteiger partial charge is 0.209 e. The van der Waals surface area contributed by atoms with Crippen LogP contribution in [0.3, 0.4) is 0 Å². The number of thioether (sulfide) groups is 1. The lowest BCUT2D eigenvalue weighted by Gasteiger charge is -2.10. The lowest BCUT2D eigenvalue weighted by Crippen LogP contribution is -2.15. The highest BCUT2D eigenvalue weighted by Crippen LogP contribution is 2.22. The van der Waals surface area contributed by atoms with E-state index in [-0.39, 0.29) is 12.4 Å². The molecule has 0 unspecified atom stereocenters. The van der Waals surface area contributed by atoms with Gasteiger partial charge in [-0.2, -0.15) is 0 Å². The third-order valence-corrected chi connectivity index (χ3v) is 5.43. The van der Waals surface area contributed by atoms with Gasteiger partial charge in [0.2, 0.25) is 5.16 Å². The first-order valence-corrected chi connectivity index (χ1v) is 10.2. The molecule has 0 aliphatic rings. The van der Waals surface area contributed by atoms with E-state index in [0.29, 0.717) is 16.3 Å². The summed E-state index contributed by atoms with van der Waals surface area (Å²) in [5.74, 6) is 1.26. The number of nitrogens with zero attached hydrogens (tertiary/aromatic N) is 4. The van der Waals surface area contributed by atoms with Crippen LogP contribution in [-0.4, -0.2) is 32.5 Å². The molecule has 6 nitrogen and oxygen atoms in total. The summed E-state index contributed by atoms with van der Waals surface area (Å²) in [4.78, 5) is 0. The number of ether oxygens (including phenoxy) is 1. The summed E-state index contributed by atoms with van der Waals surface area (Å²) in [6, 6.07) is 12.4. The minimum atomic E-state index is -0.361. The van der Waals surface area contributed by atoms with Gasteiger partial charge in [-0.3, -0.25) is 0 Å². The van der Waals surface area contributed by atoms with E-state index in [1.807, 2.05) is 31.3 Å². The van der Waals surface area contributed by atoms with Crippen molar-refractivity contribution in [1.29, 1.82) is 0 Å². The van der Waals surface area contributed by atoms with E-state index in [4.69, 9.17) is 16.3 Å². The monoisotopic (exact) mass is 421 g/mol. The first-order chi connectivity index (χ1) is 13.6. The molecule has 0 saturated carbocycles. The summed E-state index contributed by atoms with van der Waals surface area (Å²) in [6.45, 7) is 1.71. The SMILES string of the molecule is Cn1nnnc1SCCCNCc1cccc(OCc2c(F)cccc2Cl)c1. The summed E-state index contributed by atoms with van der Waals surface area (Å²) in [6.07, 6.45) is 1.000. The van der Waals surface area contributed by atoms with E-state index in [2.05, 4.69) is 20.8 Å². The van der Waals surface area contributed by atoms with E-state index >= 15 is 0 Å². The Bertz CT molecular complexity index is 887. The Morgan fingerprint density at radius 3 is 2.89 bits per heavy atom. The molecular formula is C19H21ClFN5OS. The highest BCUT2D eigenvalue weighted by Gasteiger charge is 2.08. The van der Waals surface area contributed by atoms with Gasteiger partial charge in [0.25, 0.3) is 0 Å². The Morgan fingerprint density at radius 2 is 2.11 bits per heavy atom. The maximum Gasteiger partial charge on any atom is 0.209 e. The van der Waals surface area contributed by atoms with Crippen molar-refractivity contribution in [2.45, 2.75) is 24.7 Å². The van der Waals surface area contributed by atoms with Gasteiger partial charge in [0.15, 0.2) is 0 Å². The van der Waals surface area contributed by atoms with E-state index in [1.54, 1.807) is 28.6 Å². The van der Waals surface area contributed by atoms with Crippen LogP contribution in [0, 0.1) is 5.82 Å². The zero-order valence-electron chi connectivity index (χ0n) is 15.4. The van der Waals surface area contributed by atoms with Crippen LogP contribution in [0.1, 0.15) is 17.5 Å². The van der Waals surface area contributed by atoms with Crippen molar-refractivity contribution in [3.8, 4) is 5.75 Å². The van der Waals surface area contributed by atoms with Gasteiger partial charge in [0, 0.05) is 24.9 Å². The molecule has 0 spiro atoms. The van der Waals surface area contributed by atoms with Gasteiger partial charge >= 0.3 is 0 Å². The first-order valence-electron chi connectivity index (χ1n) is 8.84. The number of hydrogen-bond donors (Lipinski definition) is 1. The Morgan fingerprint density at radius 1 is 1.25 bits per heavy atom. The second-order valence-corrected chi connectivity index (χ2v) is 7.57. The Hall–Kier alpha value is -2.16. The Labute approximate surface area is 172 Å². The van der Waals surface area contributed by atoms with E-state index in [9.17, 15) is 4.39 Å². The molecule has 3 aromatic rings. The summed E-state index contributed by atoms with van der Waals surface area (Å²) in [7, 11) is 1.83. The summed E-state index contributed by atoms with van der Waals surface area (Å²) >= 11 is 7.67. The lowest BCUT2D eigenvalue weighted by molar-refractivity contribution is 0.299. The van der Waals surface area contributed by atoms with Crippen LogP contribution in [0.2, 0.25) is 5.02 Å². The summed E-state index contributed by atoms with van der Waals surface area (Å²) < 4.78 is 21.2. The molecule has 0 saturated heterocycles. The van der Waals surface area contributed by atoms with Crippen LogP contribution in [0.25, 0.3) is 0 Å². The second-order valence-electron chi connectivity index (χ2n) is 6.10. The van der Waals surface area contributed by atoms with Crippen LogP contribution in [-0.2, 0) is 20.2 Å². The molecule has 0 atom stereocenters. The average Bonchev–Trinajstić information content (AvgIpc) is 3.09. The Balaban J connectivity index is 1.40. The van der Waals surface area contributed by atoms with E-state index in [1.165, 1.54) is 6.07 Å². The summed E-state index contributed by atoms with van der Waals surface area (Å²) in [5.41, 5.74) is 1.46. The van der Waals surface area contributed by atoms with Gasteiger partial charge in [-0.1, -0.05) is 41.6 Å². The molecule has 1 N–H and O–H groups in total. The quantitative estimate of drug-likeness (QED) is 0.396. The third kappa shape index (κ3) is 5.92. The number of benzene rings is 2. The zero-order chi connectivity index (χ0) is 19.8. The molecule has 0 aliphatic carbocycles. The Kier molecular flexibility index (Phi) is 7.64. The first kappa shape index (κ1) is 20.6. The molecule has 28 heavy (non-hydrogen) atoms. The predicted molar refractivity (Wildman–Crippen MR) is 108 cm³/mol. The zero-order valence-corrected chi connectivity index (χ0v) is 17.0. The topological polar surface area (TPSA) is 64.9 Å². The molecule has 3 rings (SSSR count). The number of aromatic nitrogens is 4. The minimum Gasteiger partial charge on any atom is -0.489 e. The van der Waals surface area contributed by atoms with Crippen LogP contribution in [0.5, 0.6) is 5.75 Å². The van der Waals surface area contributed by atoms with E-state index < -0.39 is 0 Å². The van der Waals surface area contributed by atoms with E-state index in [0.717, 1.165) is 36.0 Å². The van der Waals surface area contributed by atoms with Gasteiger partial charge in [0.05, 0.1) is 5.02 Å². The fourth-order valence-corrected chi connectivity index (χ4v) is 3.51. The predicted octanol–water partition coefficient (Wildman–Crippen LogP) is 3.85. The standard InChI is InChI=1S/C19H21ClFN5OS/c1-26-19(23-24-25-26)28-10-4-9-22-12-14-5-2-6-15(11-14)27-13-16-17(20)7-3-8-18(16)21/h2-3,5-8,11,22H,4,9-10,12-13H2,1H3. The molecule has 1 heterocycles. The van der Waals surface area contributed by atoms with Gasteiger partial charge < -0.3 is 10.1 Å². The van der Waals surface area contributed by atoms with Gasteiger partial charge in [0.1, 0.15) is 18.2 Å². The molecule has 0 bridgehead atoms. The van der Waals surface area contributed by atoms with Crippen LogP contribution < -0.4 is 10.1 Å². The normalized spacial score (nSPS) is 11.0. The number of nitrogens with one attached hydrogen (secondary N) is 1. The van der Waals surface area contributed by atoms with Gasteiger partial charge in [-0.15, -0.1) is 5.10 Å². The van der Waals surface area contributed by atoms with Crippen molar-refractivity contribution < 1.29 is 9.13 Å². The molecule has 0 amide bonds. The highest BCUT2D eigenvalue weighted by atomic mass is 35.5.